The Morgan fingerprint density at radius 3 is 3.00 bits per heavy atom. The maximum Gasteiger partial charge on any atom is 0.224 e. The van der Waals surface area contributed by atoms with Crippen LogP contribution >= 0.6 is 12.4 Å². The molecule has 7 heteroatoms. The lowest BCUT2D eigenvalue weighted by Gasteiger charge is -2.34. The van der Waals surface area contributed by atoms with E-state index >= 15 is 0 Å². The van der Waals surface area contributed by atoms with Crippen molar-refractivity contribution in [2.24, 2.45) is 0 Å². The lowest BCUT2D eigenvalue weighted by Crippen LogP contribution is -2.48. The number of carbonyl (C=O) groups is 1. The van der Waals surface area contributed by atoms with Crippen LogP contribution in [0.2, 0.25) is 0 Å². The van der Waals surface area contributed by atoms with E-state index in [1.54, 1.807) is 11.0 Å². The molecule has 1 aromatic carbocycles. The van der Waals surface area contributed by atoms with Crippen LogP contribution in [0.15, 0.2) is 24.3 Å². The predicted octanol–water partition coefficient (Wildman–Crippen LogP) is 1.53. The normalized spacial score (nSPS) is 24.8. The van der Waals surface area contributed by atoms with E-state index in [2.05, 4.69) is 5.32 Å². The minimum Gasteiger partial charge on any atom is -0.378 e. The number of nitrogens with one attached hydrogen (secondary N) is 1. The van der Waals surface area contributed by atoms with Gasteiger partial charge < -0.3 is 19.7 Å². The number of benzene rings is 1. The van der Waals surface area contributed by atoms with Crippen molar-refractivity contribution in [2.45, 2.75) is 18.6 Å². The average molecular weight is 345 g/mol. The van der Waals surface area contributed by atoms with Crippen LogP contribution in [0.3, 0.4) is 0 Å². The first-order valence-electron chi connectivity index (χ1n) is 7.68. The molecule has 0 aromatic heterocycles. The number of hydrogen-bond acceptors (Lipinski definition) is 4. The summed E-state index contributed by atoms with van der Waals surface area (Å²) in [5, 5.41) is 3.29. The zero-order chi connectivity index (χ0) is 15.4. The first-order valence-corrected chi connectivity index (χ1v) is 7.68. The van der Waals surface area contributed by atoms with Gasteiger partial charge >= 0.3 is 0 Å². The van der Waals surface area contributed by atoms with E-state index in [0.29, 0.717) is 39.3 Å². The second-order valence-corrected chi connectivity index (χ2v) is 5.68. The summed E-state index contributed by atoms with van der Waals surface area (Å²) in [7, 11) is 0. The summed E-state index contributed by atoms with van der Waals surface area (Å²) in [4.78, 5) is 14.2. The van der Waals surface area contributed by atoms with Crippen molar-refractivity contribution in [3.05, 3.63) is 35.6 Å². The van der Waals surface area contributed by atoms with E-state index < -0.39 is 0 Å². The molecule has 1 aromatic rings. The highest BCUT2D eigenvalue weighted by Crippen LogP contribution is 2.23. The lowest BCUT2D eigenvalue weighted by atomic mass is 10.1. The minimum atomic E-state index is -0.284. The largest absolute Gasteiger partial charge is 0.378 e. The Balaban J connectivity index is 0.00000192. The summed E-state index contributed by atoms with van der Waals surface area (Å²) >= 11 is 0. The topological polar surface area (TPSA) is 50.8 Å². The Labute approximate surface area is 141 Å². The lowest BCUT2D eigenvalue weighted by molar-refractivity contribution is -0.140. The molecule has 2 atom stereocenters. The van der Waals surface area contributed by atoms with Gasteiger partial charge in [0.05, 0.1) is 26.4 Å². The molecule has 0 saturated carbocycles. The quantitative estimate of drug-likeness (QED) is 0.903. The fourth-order valence-corrected chi connectivity index (χ4v) is 2.88. The Morgan fingerprint density at radius 2 is 2.26 bits per heavy atom. The Morgan fingerprint density at radius 1 is 1.39 bits per heavy atom. The van der Waals surface area contributed by atoms with Gasteiger partial charge in [0.1, 0.15) is 11.9 Å². The summed E-state index contributed by atoms with van der Waals surface area (Å²) < 4.78 is 24.4. The van der Waals surface area contributed by atoms with Gasteiger partial charge in [-0.2, -0.15) is 0 Å². The predicted molar refractivity (Wildman–Crippen MR) is 86.1 cm³/mol. The standard InChI is InChI=1S/C16H21FN2O3.ClH/c17-13-3-1-2-12(8-13)15-10-19(5-7-22-15)16(20)9-14-11-21-6-4-18-14;/h1-3,8,14-15,18H,4-7,9-11H2;1H. The fourth-order valence-electron chi connectivity index (χ4n) is 2.88. The Hall–Kier alpha value is -1.21. The van der Waals surface area contributed by atoms with Crippen molar-refractivity contribution in [3.63, 3.8) is 0 Å². The molecule has 2 unspecified atom stereocenters. The third-order valence-electron chi connectivity index (χ3n) is 4.06. The third-order valence-corrected chi connectivity index (χ3v) is 4.06. The van der Waals surface area contributed by atoms with Crippen molar-refractivity contribution in [2.75, 3.05) is 39.5 Å². The highest BCUT2D eigenvalue weighted by molar-refractivity contribution is 5.85. The molecule has 23 heavy (non-hydrogen) atoms. The van der Waals surface area contributed by atoms with Gasteiger partial charge in [-0.3, -0.25) is 4.79 Å². The molecule has 1 amide bonds. The van der Waals surface area contributed by atoms with E-state index in [1.165, 1.54) is 12.1 Å². The zero-order valence-electron chi connectivity index (χ0n) is 12.9. The van der Waals surface area contributed by atoms with Gasteiger partial charge in [0.2, 0.25) is 5.91 Å². The number of nitrogens with zero attached hydrogens (tertiary/aromatic N) is 1. The van der Waals surface area contributed by atoms with Crippen molar-refractivity contribution in [3.8, 4) is 0 Å². The highest BCUT2D eigenvalue weighted by atomic mass is 35.5. The van der Waals surface area contributed by atoms with Crippen LogP contribution < -0.4 is 5.32 Å². The Kier molecular flexibility index (Phi) is 6.77. The van der Waals surface area contributed by atoms with Crippen LogP contribution in [0.25, 0.3) is 0 Å². The summed E-state index contributed by atoms with van der Waals surface area (Å²) in [6.07, 6.45) is 0.166. The number of carbonyl (C=O) groups excluding carboxylic acids is 1. The summed E-state index contributed by atoms with van der Waals surface area (Å²) in [5.41, 5.74) is 0.775. The molecule has 2 saturated heterocycles. The molecule has 3 rings (SSSR count). The molecule has 5 nitrogen and oxygen atoms in total. The van der Waals surface area contributed by atoms with Gasteiger partial charge in [-0.25, -0.2) is 4.39 Å². The molecule has 2 heterocycles. The van der Waals surface area contributed by atoms with Crippen molar-refractivity contribution >= 4 is 18.3 Å². The van der Waals surface area contributed by atoms with Crippen LogP contribution in [-0.4, -0.2) is 56.3 Å². The number of amides is 1. The number of morpholine rings is 2. The van der Waals surface area contributed by atoms with E-state index in [9.17, 15) is 9.18 Å². The minimum absolute atomic E-state index is 0. The SMILES string of the molecule is Cl.O=C(CC1COCCN1)N1CCOC(c2cccc(F)c2)C1. The first-order chi connectivity index (χ1) is 10.7. The fraction of sp³-hybridized carbons (Fsp3) is 0.562. The Bertz CT molecular complexity index is 526. The van der Waals surface area contributed by atoms with Crippen LogP contribution in [0.4, 0.5) is 4.39 Å². The smallest absolute Gasteiger partial charge is 0.224 e. The van der Waals surface area contributed by atoms with Crippen LogP contribution in [-0.2, 0) is 14.3 Å². The van der Waals surface area contributed by atoms with Gasteiger partial charge in [-0.05, 0) is 17.7 Å². The van der Waals surface area contributed by atoms with Crippen molar-refractivity contribution in [1.82, 2.24) is 10.2 Å². The van der Waals surface area contributed by atoms with E-state index in [4.69, 9.17) is 9.47 Å². The number of ether oxygens (including phenoxy) is 2. The second kappa shape index (κ2) is 8.59. The highest BCUT2D eigenvalue weighted by Gasteiger charge is 2.27. The number of halogens is 2. The van der Waals surface area contributed by atoms with E-state index in [-0.39, 0.29) is 36.3 Å². The second-order valence-electron chi connectivity index (χ2n) is 5.68. The molecular formula is C16H22ClFN2O3. The molecule has 1 N–H and O–H groups in total. The molecule has 0 radical (unpaired) electrons. The molecule has 0 bridgehead atoms. The summed E-state index contributed by atoms with van der Waals surface area (Å²) in [6.45, 7) is 3.58. The third kappa shape index (κ3) is 4.88. The molecular weight excluding hydrogens is 323 g/mol. The first kappa shape index (κ1) is 18.1. The van der Waals surface area contributed by atoms with Crippen LogP contribution in [0.1, 0.15) is 18.1 Å². The van der Waals surface area contributed by atoms with Crippen molar-refractivity contribution < 1.29 is 18.7 Å². The van der Waals surface area contributed by atoms with Gasteiger partial charge in [0, 0.05) is 25.6 Å². The monoisotopic (exact) mass is 344 g/mol. The van der Waals surface area contributed by atoms with Gasteiger partial charge in [0.15, 0.2) is 0 Å². The zero-order valence-corrected chi connectivity index (χ0v) is 13.7. The average Bonchev–Trinajstić information content (AvgIpc) is 2.56. The number of rotatable bonds is 3. The molecule has 128 valence electrons. The van der Waals surface area contributed by atoms with Crippen LogP contribution in [0, 0.1) is 5.82 Å². The molecule has 2 aliphatic rings. The van der Waals surface area contributed by atoms with E-state index in [0.717, 1.165) is 12.1 Å². The maximum absolute atomic E-state index is 13.3. The van der Waals surface area contributed by atoms with E-state index in [1.807, 2.05) is 6.07 Å². The molecule has 0 aliphatic carbocycles. The van der Waals surface area contributed by atoms with Crippen LogP contribution in [0.5, 0.6) is 0 Å². The van der Waals surface area contributed by atoms with Gasteiger partial charge in [0.25, 0.3) is 0 Å². The van der Waals surface area contributed by atoms with Gasteiger partial charge in [-0.15, -0.1) is 12.4 Å². The maximum atomic E-state index is 13.3. The molecule has 0 spiro atoms. The molecule has 2 aliphatic heterocycles. The number of hydrogen-bond donors (Lipinski definition) is 1. The summed E-state index contributed by atoms with van der Waals surface area (Å²) in [5.74, 6) is -0.194. The van der Waals surface area contributed by atoms with Gasteiger partial charge in [-0.1, -0.05) is 12.1 Å². The van der Waals surface area contributed by atoms with Crippen molar-refractivity contribution in [1.29, 1.82) is 0 Å². The molecule has 2 fully saturated rings. The summed E-state index contributed by atoms with van der Waals surface area (Å²) in [6, 6.07) is 6.45.